The van der Waals surface area contributed by atoms with Gasteiger partial charge in [0.15, 0.2) is 0 Å². The third kappa shape index (κ3) is 3.39. The fourth-order valence-corrected chi connectivity index (χ4v) is 2.40. The van der Waals surface area contributed by atoms with E-state index in [1.54, 1.807) is 0 Å². The maximum Gasteiger partial charge on any atom is 0.119 e. The maximum atomic E-state index is 5.73. The predicted molar refractivity (Wildman–Crippen MR) is 85.7 cm³/mol. The highest BCUT2D eigenvalue weighted by Gasteiger charge is 2.13. The molecule has 0 saturated heterocycles. The molecule has 0 bridgehead atoms. The molecule has 0 aliphatic carbocycles. The number of ether oxygens (including phenoxy) is 1. The molecule has 2 aromatic carbocycles. The van der Waals surface area contributed by atoms with E-state index in [1.165, 1.54) is 5.56 Å². The Labute approximate surface area is 128 Å². The molecule has 1 unspecified atom stereocenters. The van der Waals surface area contributed by atoms with Gasteiger partial charge in [0.25, 0.3) is 0 Å². The van der Waals surface area contributed by atoms with Crippen LogP contribution in [0, 0.1) is 6.92 Å². The van der Waals surface area contributed by atoms with Crippen LogP contribution in [0.15, 0.2) is 46.9 Å². The topological polar surface area (TPSA) is 47.3 Å². The molecule has 106 valence electrons. The van der Waals surface area contributed by atoms with E-state index in [9.17, 15) is 0 Å². The third-order valence-electron chi connectivity index (χ3n) is 3.21. The molecule has 4 heteroatoms. The van der Waals surface area contributed by atoms with E-state index in [1.807, 2.05) is 37.3 Å². The standard InChI is InChI=1S/C16H19BrN2O/c1-3-20-14-7-4-12(5-8-14)16(19-18)13-6-9-15(17)11(2)10-13/h4-10,16,19H,3,18H2,1-2H3. The van der Waals surface area contributed by atoms with Gasteiger partial charge in [-0.2, -0.15) is 0 Å². The van der Waals surface area contributed by atoms with Crippen LogP contribution in [0.2, 0.25) is 0 Å². The minimum absolute atomic E-state index is 0.0301. The van der Waals surface area contributed by atoms with Gasteiger partial charge in [0.1, 0.15) is 5.75 Å². The summed E-state index contributed by atoms with van der Waals surface area (Å²) >= 11 is 3.52. The van der Waals surface area contributed by atoms with Crippen LogP contribution in [0.3, 0.4) is 0 Å². The summed E-state index contributed by atoms with van der Waals surface area (Å²) in [6.07, 6.45) is 0. The van der Waals surface area contributed by atoms with E-state index < -0.39 is 0 Å². The van der Waals surface area contributed by atoms with Gasteiger partial charge in [0.05, 0.1) is 12.6 Å². The second-order valence-corrected chi connectivity index (χ2v) is 5.46. The summed E-state index contributed by atoms with van der Waals surface area (Å²) in [6.45, 7) is 4.71. The predicted octanol–water partition coefficient (Wildman–Crippen LogP) is 3.71. The quantitative estimate of drug-likeness (QED) is 0.647. The Morgan fingerprint density at radius 1 is 1.15 bits per heavy atom. The summed E-state index contributed by atoms with van der Waals surface area (Å²) in [5.74, 6) is 6.60. The highest BCUT2D eigenvalue weighted by Crippen LogP contribution is 2.26. The molecule has 0 saturated carbocycles. The lowest BCUT2D eigenvalue weighted by atomic mass is 9.98. The van der Waals surface area contributed by atoms with Crippen molar-refractivity contribution in [3.8, 4) is 5.75 Å². The van der Waals surface area contributed by atoms with Gasteiger partial charge >= 0.3 is 0 Å². The number of benzene rings is 2. The Hall–Kier alpha value is -1.36. The number of aryl methyl sites for hydroxylation is 1. The van der Waals surface area contributed by atoms with Crippen LogP contribution in [0.5, 0.6) is 5.75 Å². The number of nitrogens with two attached hydrogens (primary N) is 1. The van der Waals surface area contributed by atoms with E-state index in [4.69, 9.17) is 10.6 Å². The van der Waals surface area contributed by atoms with Gasteiger partial charge < -0.3 is 4.74 Å². The molecule has 2 aromatic rings. The number of hydrazine groups is 1. The summed E-state index contributed by atoms with van der Waals surface area (Å²) < 4.78 is 6.56. The van der Waals surface area contributed by atoms with Crippen molar-refractivity contribution in [2.75, 3.05) is 6.61 Å². The molecular formula is C16H19BrN2O. The molecule has 0 amide bonds. The molecule has 0 heterocycles. The summed E-state index contributed by atoms with van der Waals surface area (Å²) in [5.41, 5.74) is 6.31. The minimum Gasteiger partial charge on any atom is -0.494 e. The normalized spacial score (nSPS) is 12.2. The zero-order valence-corrected chi connectivity index (χ0v) is 13.3. The van der Waals surface area contributed by atoms with Crippen molar-refractivity contribution in [2.24, 2.45) is 5.84 Å². The molecule has 0 aliphatic rings. The lowest BCUT2D eigenvalue weighted by Gasteiger charge is -2.18. The first kappa shape index (κ1) is 15.0. The number of halogens is 1. The van der Waals surface area contributed by atoms with Gasteiger partial charge in [0, 0.05) is 4.47 Å². The fraction of sp³-hybridized carbons (Fsp3) is 0.250. The van der Waals surface area contributed by atoms with Gasteiger partial charge in [-0.05, 0) is 48.7 Å². The van der Waals surface area contributed by atoms with E-state index >= 15 is 0 Å². The largest absolute Gasteiger partial charge is 0.494 e. The molecule has 0 spiro atoms. The third-order valence-corrected chi connectivity index (χ3v) is 4.10. The minimum atomic E-state index is -0.0301. The SMILES string of the molecule is CCOc1ccc(C(NN)c2ccc(Br)c(C)c2)cc1. The van der Waals surface area contributed by atoms with Crippen molar-refractivity contribution in [3.05, 3.63) is 63.6 Å². The van der Waals surface area contributed by atoms with E-state index in [2.05, 4.69) is 40.4 Å². The molecule has 0 fully saturated rings. The Morgan fingerprint density at radius 3 is 2.35 bits per heavy atom. The molecule has 3 nitrogen and oxygen atoms in total. The Balaban J connectivity index is 2.29. The van der Waals surface area contributed by atoms with Crippen molar-refractivity contribution in [3.63, 3.8) is 0 Å². The summed E-state index contributed by atoms with van der Waals surface area (Å²) in [5, 5.41) is 0. The van der Waals surface area contributed by atoms with Crippen LogP contribution in [-0.4, -0.2) is 6.61 Å². The van der Waals surface area contributed by atoms with Gasteiger partial charge in [0.2, 0.25) is 0 Å². The van der Waals surface area contributed by atoms with Crippen molar-refractivity contribution in [1.29, 1.82) is 0 Å². The smallest absolute Gasteiger partial charge is 0.119 e. The van der Waals surface area contributed by atoms with Crippen molar-refractivity contribution >= 4 is 15.9 Å². The number of rotatable bonds is 5. The lowest BCUT2D eigenvalue weighted by molar-refractivity contribution is 0.340. The summed E-state index contributed by atoms with van der Waals surface area (Å²) in [4.78, 5) is 0. The van der Waals surface area contributed by atoms with Gasteiger partial charge in [-0.3, -0.25) is 5.84 Å². The molecule has 0 aliphatic heterocycles. The highest BCUT2D eigenvalue weighted by molar-refractivity contribution is 9.10. The summed E-state index contributed by atoms with van der Waals surface area (Å²) in [7, 11) is 0. The van der Waals surface area contributed by atoms with Crippen LogP contribution >= 0.6 is 15.9 Å². The van der Waals surface area contributed by atoms with E-state index in [0.29, 0.717) is 6.61 Å². The first-order chi connectivity index (χ1) is 9.65. The maximum absolute atomic E-state index is 5.73. The van der Waals surface area contributed by atoms with Crippen LogP contribution in [0.25, 0.3) is 0 Å². The first-order valence-corrected chi connectivity index (χ1v) is 7.40. The Morgan fingerprint density at radius 2 is 1.80 bits per heavy atom. The summed E-state index contributed by atoms with van der Waals surface area (Å²) in [6, 6.07) is 14.2. The van der Waals surface area contributed by atoms with E-state index in [0.717, 1.165) is 21.3 Å². The van der Waals surface area contributed by atoms with Crippen molar-refractivity contribution < 1.29 is 4.74 Å². The van der Waals surface area contributed by atoms with E-state index in [-0.39, 0.29) is 6.04 Å². The molecule has 20 heavy (non-hydrogen) atoms. The molecular weight excluding hydrogens is 316 g/mol. The molecule has 0 aromatic heterocycles. The molecule has 2 rings (SSSR count). The van der Waals surface area contributed by atoms with Gasteiger partial charge in [-0.15, -0.1) is 0 Å². The lowest BCUT2D eigenvalue weighted by Crippen LogP contribution is -2.28. The fourth-order valence-electron chi connectivity index (χ4n) is 2.16. The van der Waals surface area contributed by atoms with Crippen LogP contribution in [0.1, 0.15) is 29.7 Å². The van der Waals surface area contributed by atoms with Crippen LogP contribution in [-0.2, 0) is 0 Å². The van der Waals surface area contributed by atoms with Gasteiger partial charge in [-0.25, -0.2) is 5.43 Å². The molecule has 1 atom stereocenters. The first-order valence-electron chi connectivity index (χ1n) is 6.60. The zero-order chi connectivity index (χ0) is 14.5. The van der Waals surface area contributed by atoms with Crippen LogP contribution in [0.4, 0.5) is 0 Å². The van der Waals surface area contributed by atoms with Crippen molar-refractivity contribution in [2.45, 2.75) is 19.9 Å². The van der Waals surface area contributed by atoms with Crippen molar-refractivity contribution in [1.82, 2.24) is 5.43 Å². The number of hydrogen-bond acceptors (Lipinski definition) is 3. The highest BCUT2D eigenvalue weighted by atomic mass is 79.9. The van der Waals surface area contributed by atoms with Gasteiger partial charge in [-0.1, -0.05) is 40.2 Å². The average molecular weight is 335 g/mol. The zero-order valence-electron chi connectivity index (χ0n) is 11.7. The second-order valence-electron chi connectivity index (χ2n) is 4.61. The number of nitrogens with one attached hydrogen (secondary N) is 1. The average Bonchev–Trinajstić information content (AvgIpc) is 2.46. The molecule has 0 radical (unpaired) electrons. The Kier molecular flexibility index (Phi) is 5.17. The number of hydrogen-bond donors (Lipinski definition) is 2. The monoisotopic (exact) mass is 334 g/mol. The molecule has 3 N–H and O–H groups in total. The van der Waals surface area contributed by atoms with Crippen LogP contribution < -0.4 is 16.0 Å². The Bertz CT molecular complexity index is 569. The second kappa shape index (κ2) is 6.88.